The average Bonchev–Trinajstić information content (AvgIpc) is 3.23. The third-order valence-electron chi connectivity index (χ3n) is 6.16. The van der Waals surface area contributed by atoms with Crippen LogP contribution in [-0.4, -0.2) is 8.42 Å². The van der Waals surface area contributed by atoms with Crippen molar-refractivity contribution in [1.82, 2.24) is 0 Å². The van der Waals surface area contributed by atoms with Crippen LogP contribution in [-0.2, 0) is 10.0 Å². The molecule has 1 aliphatic carbocycles. The lowest BCUT2D eigenvalue weighted by atomic mass is 9.77. The second-order valence-corrected chi connectivity index (χ2v) is 9.90. The van der Waals surface area contributed by atoms with Gasteiger partial charge in [0.1, 0.15) is 5.82 Å². The van der Waals surface area contributed by atoms with E-state index in [1.807, 2.05) is 31.2 Å². The second-order valence-electron chi connectivity index (χ2n) is 8.22. The van der Waals surface area contributed by atoms with E-state index in [1.54, 1.807) is 36.4 Å². The fraction of sp³-hybridized carbons (Fsp3) is 0.200. The number of hydrogen-bond donors (Lipinski definition) is 2. The Hall–Kier alpha value is -3.12. The summed E-state index contributed by atoms with van der Waals surface area (Å²) < 4.78 is 43.2. The maximum Gasteiger partial charge on any atom is 0.261 e. The average molecular weight is 435 g/mol. The van der Waals surface area contributed by atoms with Crippen molar-refractivity contribution in [3.8, 4) is 0 Å². The lowest BCUT2D eigenvalue weighted by Crippen LogP contribution is -2.30. The van der Waals surface area contributed by atoms with E-state index in [0.717, 1.165) is 23.2 Å². The van der Waals surface area contributed by atoms with Gasteiger partial charge in [-0.2, -0.15) is 0 Å². The second kappa shape index (κ2) is 7.54. The van der Waals surface area contributed by atoms with Gasteiger partial charge in [0.2, 0.25) is 0 Å². The summed E-state index contributed by atoms with van der Waals surface area (Å²) in [4.78, 5) is 0.220. The summed E-state index contributed by atoms with van der Waals surface area (Å²) in [5.74, 6) is -0.0577. The zero-order valence-electron chi connectivity index (χ0n) is 17.0. The molecule has 0 aromatic heterocycles. The van der Waals surface area contributed by atoms with Crippen LogP contribution in [0, 0.1) is 18.7 Å². The molecule has 6 heteroatoms. The number of halogens is 1. The van der Waals surface area contributed by atoms with E-state index < -0.39 is 10.0 Å². The van der Waals surface area contributed by atoms with E-state index in [4.69, 9.17) is 0 Å². The molecule has 0 amide bonds. The van der Waals surface area contributed by atoms with Gasteiger partial charge in [0.15, 0.2) is 0 Å². The van der Waals surface area contributed by atoms with Crippen molar-refractivity contribution < 1.29 is 12.8 Å². The van der Waals surface area contributed by atoms with E-state index in [1.165, 1.54) is 6.07 Å². The van der Waals surface area contributed by atoms with Crippen LogP contribution in [0.25, 0.3) is 0 Å². The predicted molar refractivity (Wildman–Crippen MR) is 121 cm³/mol. The highest BCUT2D eigenvalue weighted by Gasteiger charge is 2.39. The molecule has 158 valence electrons. The van der Waals surface area contributed by atoms with E-state index in [0.29, 0.717) is 11.3 Å². The molecule has 4 nitrogen and oxygen atoms in total. The van der Waals surface area contributed by atoms with Crippen molar-refractivity contribution in [3.05, 3.63) is 101 Å². The Morgan fingerprint density at radius 1 is 1.00 bits per heavy atom. The van der Waals surface area contributed by atoms with Crippen LogP contribution >= 0.6 is 0 Å². The highest BCUT2D eigenvalue weighted by molar-refractivity contribution is 7.92. The number of nitrogens with one attached hydrogen (secondary N) is 2. The molecule has 0 bridgehead atoms. The smallest absolute Gasteiger partial charge is 0.261 e. The largest absolute Gasteiger partial charge is 0.378 e. The van der Waals surface area contributed by atoms with Gasteiger partial charge < -0.3 is 5.32 Å². The van der Waals surface area contributed by atoms with Crippen molar-refractivity contribution in [2.24, 2.45) is 5.92 Å². The van der Waals surface area contributed by atoms with Crippen LogP contribution in [0.15, 0.2) is 83.8 Å². The summed E-state index contributed by atoms with van der Waals surface area (Å²) in [5, 5.41) is 3.47. The van der Waals surface area contributed by atoms with E-state index in [9.17, 15) is 12.8 Å². The van der Waals surface area contributed by atoms with Gasteiger partial charge >= 0.3 is 0 Å². The molecule has 31 heavy (non-hydrogen) atoms. The standard InChI is InChI=1S/C25H23FN2O2S/c1-16-6-4-7-17(14-16)28-31(29,30)18-12-13-24-22(15-18)19-9-5-10-20(19)25(27-24)21-8-2-3-11-23(21)26/h2-9,11-15,19-20,25,27-28H,10H2,1H3/t19-,20-,25-/m1/s1. The van der Waals surface area contributed by atoms with Gasteiger partial charge in [-0.1, -0.05) is 42.5 Å². The molecule has 1 aliphatic heterocycles. The maximum absolute atomic E-state index is 14.5. The number of allylic oxidation sites excluding steroid dienone is 2. The number of aryl methyl sites for hydroxylation is 1. The molecule has 3 aromatic carbocycles. The minimum Gasteiger partial charge on any atom is -0.378 e. The molecule has 2 N–H and O–H groups in total. The number of sulfonamides is 1. The first-order valence-electron chi connectivity index (χ1n) is 10.3. The van der Waals surface area contributed by atoms with Crippen molar-refractivity contribution >= 4 is 21.4 Å². The molecule has 0 saturated carbocycles. The third-order valence-corrected chi connectivity index (χ3v) is 7.53. The summed E-state index contributed by atoms with van der Waals surface area (Å²) in [6.45, 7) is 1.92. The molecule has 0 fully saturated rings. The Balaban J connectivity index is 1.51. The zero-order valence-corrected chi connectivity index (χ0v) is 17.9. The van der Waals surface area contributed by atoms with E-state index >= 15 is 0 Å². The molecule has 2 aliphatic rings. The van der Waals surface area contributed by atoms with Crippen LogP contribution in [0.1, 0.15) is 35.1 Å². The molecule has 0 spiro atoms. The number of hydrogen-bond acceptors (Lipinski definition) is 3. The number of benzene rings is 3. The Bertz CT molecular complexity index is 1290. The highest BCUT2D eigenvalue weighted by Crippen LogP contribution is 2.50. The van der Waals surface area contributed by atoms with Crippen molar-refractivity contribution in [1.29, 1.82) is 0 Å². The normalized spacial score (nSPS) is 21.8. The third kappa shape index (κ3) is 3.61. The maximum atomic E-state index is 14.5. The lowest BCUT2D eigenvalue weighted by Gasteiger charge is -2.37. The first kappa shape index (κ1) is 19.8. The molecular formula is C25H23FN2O2S. The highest BCUT2D eigenvalue weighted by atomic mass is 32.2. The molecule has 1 heterocycles. The number of rotatable bonds is 4. The Labute approximate surface area is 181 Å². The Morgan fingerprint density at radius 2 is 1.84 bits per heavy atom. The molecule has 0 saturated heterocycles. The fourth-order valence-corrected chi connectivity index (χ4v) is 5.78. The summed E-state index contributed by atoms with van der Waals surface area (Å²) in [6.07, 6.45) is 5.03. The molecule has 0 radical (unpaired) electrons. The van der Waals surface area contributed by atoms with Gasteiger partial charge in [0.25, 0.3) is 10.0 Å². The van der Waals surface area contributed by atoms with E-state index in [-0.39, 0.29) is 28.6 Å². The van der Waals surface area contributed by atoms with Gasteiger partial charge in [-0.15, -0.1) is 0 Å². The van der Waals surface area contributed by atoms with Crippen molar-refractivity contribution in [2.75, 3.05) is 10.0 Å². The molecule has 3 aromatic rings. The van der Waals surface area contributed by atoms with Crippen LogP contribution < -0.4 is 10.0 Å². The van der Waals surface area contributed by atoms with Crippen molar-refractivity contribution in [3.63, 3.8) is 0 Å². The van der Waals surface area contributed by atoms with E-state index in [2.05, 4.69) is 22.2 Å². The van der Waals surface area contributed by atoms with Gasteiger partial charge in [0.05, 0.1) is 10.9 Å². The Morgan fingerprint density at radius 3 is 2.65 bits per heavy atom. The minimum atomic E-state index is -3.73. The van der Waals surface area contributed by atoms with Gasteiger partial charge in [-0.05, 0) is 66.8 Å². The molecular weight excluding hydrogens is 411 g/mol. The zero-order chi connectivity index (χ0) is 21.6. The summed E-state index contributed by atoms with van der Waals surface area (Å²) in [7, 11) is -3.73. The molecule has 0 unspecified atom stereocenters. The molecule has 5 rings (SSSR count). The summed E-state index contributed by atoms with van der Waals surface area (Å²) in [5.41, 5.74) is 3.93. The topological polar surface area (TPSA) is 58.2 Å². The van der Waals surface area contributed by atoms with Crippen molar-refractivity contribution in [2.45, 2.75) is 30.2 Å². The van der Waals surface area contributed by atoms with Gasteiger partial charge in [-0.25, -0.2) is 12.8 Å². The molecule has 3 atom stereocenters. The minimum absolute atomic E-state index is 0.0370. The monoisotopic (exact) mass is 434 g/mol. The summed E-state index contributed by atoms with van der Waals surface area (Å²) in [6, 6.07) is 19.1. The summed E-state index contributed by atoms with van der Waals surface area (Å²) >= 11 is 0. The lowest BCUT2D eigenvalue weighted by molar-refractivity contribution is 0.413. The predicted octanol–water partition coefficient (Wildman–Crippen LogP) is 5.76. The fourth-order valence-electron chi connectivity index (χ4n) is 4.70. The van der Waals surface area contributed by atoms with Crippen LogP contribution in [0.5, 0.6) is 0 Å². The first-order valence-corrected chi connectivity index (χ1v) is 11.8. The quantitative estimate of drug-likeness (QED) is 0.513. The van der Waals surface area contributed by atoms with Crippen LogP contribution in [0.4, 0.5) is 15.8 Å². The first-order chi connectivity index (χ1) is 14.9. The van der Waals surface area contributed by atoms with Crippen LogP contribution in [0.2, 0.25) is 0 Å². The number of fused-ring (bicyclic) bond motifs is 3. The van der Waals surface area contributed by atoms with Gasteiger partial charge in [-0.3, -0.25) is 4.72 Å². The Kier molecular flexibility index (Phi) is 4.82. The van der Waals surface area contributed by atoms with Crippen LogP contribution in [0.3, 0.4) is 0 Å². The number of anilines is 2. The SMILES string of the molecule is Cc1cccc(NS(=O)(=O)c2ccc3c(c2)[C@@H]2C=CC[C@H]2[C@H](c2ccccc2F)N3)c1. The van der Waals surface area contributed by atoms with Gasteiger partial charge in [0, 0.05) is 22.9 Å².